The van der Waals surface area contributed by atoms with Gasteiger partial charge >= 0.3 is 5.30 Å². The Labute approximate surface area is 128 Å². The van der Waals surface area contributed by atoms with Crippen molar-refractivity contribution in [3.8, 4) is 5.75 Å². The average Bonchev–Trinajstić information content (AvgIpc) is 2.44. The van der Waals surface area contributed by atoms with Gasteiger partial charge in [0.1, 0.15) is 5.75 Å². The number of hydrogen-bond acceptors (Lipinski definition) is 6. The summed E-state index contributed by atoms with van der Waals surface area (Å²) in [7, 11) is 0.349. The van der Waals surface area contributed by atoms with Crippen molar-refractivity contribution >= 4 is 36.9 Å². The maximum Gasteiger partial charge on any atom is 0.372 e. The van der Waals surface area contributed by atoms with Crippen molar-refractivity contribution in [3.05, 3.63) is 34.4 Å². The third-order valence-electron chi connectivity index (χ3n) is 2.39. The summed E-state index contributed by atoms with van der Waals surface area (Å²) in [5, 5.41) is 10.00. The van der Waals surface area contributed by atoms with Crippen LogP contribution in [-0.4, -0.2) is 27.7 Å². The van der Waals surface area contributed by atoms with Crippen LogP contribution < -0.4 is 4.74 Å². The third-order valence-corrected chi connectivity index (χ3v) is 4.20. The molecule has 1 rings (SSSR count). The van der Waals surface area contributed by atoms with Gasteiger partial charge in [-0.15, -0.1) is 0 Å². The molecular formula is C13H16NO5PS. The third kappa shape index (κ3) is 7.20. The Balaban J connectivity index is 2.27. The molecule has 0 fully saturated rings. The lowest BCUT2D eigenvalue weighted by molar-refractivity contribution is -0.384. The van der Waals surface area contributed by atoms with Crippen LogP contribution in [0, 0.1) is 10.1 Å². The molecule has 0 heterocycles. The van der Waals surface area contributed by atoms with Crippen LogP contribution in [0.3, 0.4) is 0 Å². The molecule has 0 aliphatic rings. The molecule has 0 saturated heterocycles. The number of nitro groups is 1. The van der Waals surface area contributed by atoms with Gasteiger partial charge in [-0.25, -0.2) is 4.79 Å². The van der Waals surface area contributed by atoms with E-state index in [4.69, 9.17) is 4.74 Å². The van der Waals surface area contributed by atoms with E-state index in [0.717, 1.165) is 17.9 Å². The largest absolute Gasteiger partial charge is 0.418 e. The molecule has 1 atom stereocenters. The summed E-state index contributed by atoms with van der Waals surface area (Å²) >= 11 is 0.998. The molecule has 0 aromatic heterocycles. The number of benzene rings is 1. The van der Waals surface area contributed by atoms with Crippen molar-refractivity contribution in [2.24, 2.45) is 0 Å². The zero-order valence-electron chi connectivity index (χ0n) is 11.5. The number of rotatable bonds is 8. The maximum atomic E-state index is 11.5. The monoisotopic (exact) mass is 329 g/mol. The first-order valence-electron chi connectivity index (χ1n) is 6.38. The van der Waals surface area contributed by atoms with Gasteiger partial charge < -0.3 is 4.74 Å². The number of hydrogen-bond donors (Lipinski definition) is 0. The lowest BCUT2D eigenvalue weighted by atomic mass is 10.3. The van der Waals surface area contributed by atoms with Crippen LogP contribution in [0.15, 0.2) is 24.3 Å². The van der Waals surface area contributed by atoms with Crippen LogP contribution in [0.2, 0.25) is 0 Å². The molecule has 8 heteroatoms. The Morgan fingerprint density at radius 1 is 1.33 bits per heavy atom. The summed E-state index contributed by atoms with van der Waals surface area (Å²) < 4.78 is 5.02. The Kier molecular flexibility index (Phi) is 7.93. The molecule has 0 spiro atoms. The fourth-order valence-corrected chi connectivity index (χ4v) is 2.79. The van der Waals surface area contributed by atoms with Gasteiger partial charge in [0.2, 0.25) is 0 Å². The zero-order valence-corrected chi connectivity index (χ0v) is 13.4. The van der Waals surface area contributed by atoms with Crippen LogP contribution in [0.4, 0.5) is 10.5 Å². The van der Waals surface area contributed by atoms with Crippen LogP contribution >= 0.6 is 20.3 Å². The summed E-state index contributed by atoms with van der Waals surface area (Å²) in [6.07, 6.45) is 2.00. The summed E-state index contributed by atoms with van der Waals surface area (Å²) in [5.74, 6) is 0.785. The Morgan fingerprint density at radius 2 is 2.00 bits per heavy atom. The molecule has 1 aromatic carbocycles. The molecule has 0 amide bonds. The standard InChI is InChI=1S/C13H16NO5PS/c1-2-20-12(15)4-3-9-21-13(16)19-11-7-5-10(6-8-11)14(17)18/h5-8,20H,2-4,9H2,1H3. The molecular weight excluding hydrogens is 313 g/mol. The highest BCUT2D eigenvalue weighted by Crippen LogP contribution is 2.20. The van der Waals surface area contributed by atoms with Crippen LogP contribution in [-0.2, 0) is 4.79 Å². The van der Waals surface area contributed by atoms with Gasteiger partial charge in [0.05, 0.1) is 4.92 Å². The van der Waals surface area contributed by atoms with E-state index in [1.54, 1.807) is 0 Å². The first kappa shape index (κ1) is 17.6. The van der Waals surface area contributed by atoms with Crippen molar-refractivity contribution in [2.75, 3.05) is 11.9 Å². The quantitative estimate of drug-likeness (QED) is 0.237. The van der Waals surface area contributed by atoms with E-state index in [0.29, 0.717) is 27.2 Å². The number of non-ortho nitro benzene ring substituents is 1. The molecule has 1 unspecified atom stereocenters. The van der Waals surface area contributed by atoms with E-state index in [2.05, 4.69) is 0 Å². The number of thioether (sulfide) groups is 1. The predicted octanol–water partition coefficient (Wildman–Crippen LogP) is 3.83. The molecule has 114 valence electrons. The zero-order chi connectivity index (χ0) is 15.7. The number of carbonyl (C=O) groups is 2. The van der Waals surface area contributed by atoms with E-state index in [-0.39, 0.29) is 17.0 Å². The number of nitrogens with zero attached hydrogens (tertiary/aromatic N) is 1. The smallest absolute Gasteiger partial charge is 0.372 e. The topological polar surface area (TPSA) is 86.5 Å². The Bertz CT molecular complexity index is 506. The predicted molar refractivity (Wildman–Crippen MR) is 84.7 cm³/mol. The van der Waals surface area contributed by atoms with Crippen molar-refractivity contribution in [2.45, 2.75) is 19.8 Å². The molecule has 0 N–H and O–H groups in total. The molecule has 0 radical (unpaired) electrons. The average molecular weight is 329 g/mol. The second kappa shape index (κ2) is 9.47. The minimum Gasteiger partial charge on any atom is -0.418 e. The Hall–Kier alpha value is -1.46. The van der Waals surface area contributed by atoms with Gasteiger partial charge in [-0.1, -0.05) is 15.5 Å². The van der Waals surface area contributed by atoms with Crippen molar-refractivity contribution in [3.63, 3.8) is 0 Å². The van der Waals surface area contributed by atoms with Crippen molar-refractivity contribution < 1.29 is 19.2 Å². The Morgan fingerprint density at radius 3 is 2.57 bits per heavy atom. The highest BCUT2D eigenvalue weighted by Gasteiger charge is 2.09. The number of ether oxygens (including phenoxy) is 1. The van der Waals surface area contributed by atoms with Crippen molar-refractivity contribution in [1.82, 2.24) is 0 Å². The second-order valence-electron chi connectivity index (χ2n) is 4.01. The lowest BCUT2D eigenvalue weighted by Gasteiger charge is -2.03. The fourth-order valence-electron chi connectivity index (χ4n) is 1.44. The number of carbonyl (C=O) groups excluding carboxylic acids is 2. The normalized spacial score (nSPS) is 10.7. The van der Waals surface area contributed by atoms with Crippen LogP contribution in [0.1, 0.15) is 19.8 Å². The van der Waals surface area contributed by atoms with Gasteiger partial charge in [0, 0.05) is 24.3 Å². The maximum absolute atomic E-state index is 11.5. The molecule has 6 nitrogen and oxygen atoms in total. The van der Waals surface area contributed by atoms with Gasteiger partial charge in [0.25, 0.3) is 5.69 Å². The van der Waals surface area contributed by atoms with Crippen LogP contribution in [0.5, 0.6) is 5.75 Å². The first-order chi connectivity index (χ1) is 10.0. The fraction of sp³-hybridized carbons (Fsp3) is 0.385. The van der Waals surface area contributed by atoms with Gasteiger partial charge in [-0.05, 0) is 36.5 Å². The SMILES string of the molecule is CCPC(=O)CCCSC(=O)Oc1ccc([N+](=O)[O-])cc1. The summed E-state index contributed by atoms with van der Waals surface area (Å²) in [4.78, 5) is 32.8. The van der Waals surface area contributed by atoms with Crippen LogP contribution in [0.25, 0.3) is 0 Å². The molecule has 0 bridgehead atoms. The van der Waals surface area contributed by atoms with E-state index in [1.807, 2.05) is 6.92 Å². The van der Waals surface area contributed by atoms with Gasteiger partial charge in [-0.2, -0.15) is 0 Å². The van der Waals surface area contributed by atoms with E-state index in [9.17, 15) is 19.7 Å². The van der Waals surface area contributed by atoms with E-state index < -0.39 is 10.2 Å². The molecule has 0 aliphatic heterocycles. The molecule has 0 aliphatic carbocycles. The minimum atomic E-state index is -0.520. The summed E-state index contributed by atoms with van der Waals surface area (Å²) in [6.45, 7) is 1.96. The molecule has 0 saturated carbocycles. The molecule has 21 heavy (non-hydrogen) atoms. The summed E-state index contributed by atoms with van der Waals surface area (Å²) in [6, 6.07) is 5.31. The minimum absolute atomic E-state index is 0.0577. The van der Waals surface area contributed by atoms with E-state index >= 15 is 0 Å². The summed E-state index contributed by atoms with van der Waals surface area (Å²) in [5.41, 5.74) is 0.180. The lowest BCUT2D eigenvalue weighted by Crippen LogP contribution is -2.02. The van der Waals surface area contributed by atoms with Crippen molar-refractivity contribution in [1.29, 1.82) is 0 Å². The van der Waals surface area contributed by atoms with Gasteiger partial charge in [0.15, 0.2) is 5.52 Å². The van der Waals surface area contributed by atoms with Gasteiger partial charge in [-0.3, -0.25) is 14.9 Å². The number of nitro benzene ring substituents is 1. The first-order valence-corrected chi connectivity index (χ1v) is 8.58. The second-order valence-corrected chi connectivity index (χ2v) is 6.66. The highest BCUT2D eigenvalue weighted by molar-refractivity contribution is 8.13. The van der Waals surface area contributed by atoms with E-state index in [1.165, 1.54) is 24.3 Å². The molecule has 1 aromatic rings. The highest BCUT2D eigenvalue weighted by atomic mass is 32.2.